The van der Waals surface area contributed by atoms with Crippen LogP contribution < -0.4 is 26.4 Å². The summed E-state index contributed by atoms with van der Waals surface area (Å²) in [5.74, 6) is 0.451. The second-order valence-corrected chi connectivity index (χ2v) is 14.1. The molecule has 0 radical (unpaired) electrons. The van der Waals surface area contributed by atoms with Crippen molar-refractivity contribution in [2.45, 2.75) is 55.6 Å². The molecule has 19 nitrogen and oxygen atoms in total. The van der Waals surface area contributed by atoms with E-state index in [4.69, 9.17) is 46.0 Å². The van der Waals surface area contributed by atoms with Crippen LogP contribution in [0.2, 0.25) is 0 Å². The van der Waals surface area contributed by atoms with E-state index >= 15 is 4.39 Å². The molecule has 0 spiro atoms. The van der Waals surface area contributed by atoms with Gasteiger partial charge in [-0.3, -0.25) is 14.1 Å². The number of rotatable bonds is 2. The number of nitrogens with two attached hydrogens (primary N) is 2. The van der Waals surface area contributed by atoms with Gasteiger partial charge in [-0.1, -0.05) is 11.8 Å². The smallest absolute Gasteiger partial charge is 0.336 e. The van der Waals surface area contributed by atoms with Crippen LogP contribution in [0.1, 0.15) is 30.7 Å². The van der Waals surface area contributed by atoms with Gasteiger partial charge in [0, 0.05) is 13.0 Å². The van der Waals surface area contributed by atoms with Crippen molar-refractivity contribution in [1.82, 2.24) is 33.8 Å². The normalized spacial score (nSPS) is 37.6. The first-order valence-corrected chi connectivity index (χ1v) is 16.8. The quantitative estimate of drug-likeness (QED) is 0.227. The summed E-state index contributed by atoms with van der Waals surface area (Å²) in [6, 6.07) is 0. The summed E-state index contributed by atoms with van der Waals surface area (Å²) >= 11 is 5.13. The number of nitrogen functional groups attached to an aromatic ring is 1. The molecular weight excluding hydrogens is 636 g/mol. The Hall–Kier alpha value is -2.76. The molecule has 0 bridgehead atoms. The van der Waals surface area contributed by atoms with E-state index in [1.165, 1.54) is 29.9 Å². The fourth-order valence-electron chi connectivity index (χ4n) is 5.32. The Balaban J connectivity index is 1.13. The molecule has 2 unspecified atom stereocenters. The van der Waals surface area contributed by atoms with Crippen molar-refractivity contribution < 1.29 is 40.4 Å². The molecule has 0 aliphatic carbocycles. The second kappa shape index (κ2) is 10.7. The van der Waals surface area contributed by atoms with Crippen molar-refractivity contribution in [1.29, 1.82) is 0 Å². The van der Waals surface area contributed by atoms with E-state index < -0.39 is 79.4 Å². The Bertz CT molecular complexity index is 1740. The van der Waals surface area contributed by atoms with Crippen LogP contribution in [0.15, 0.2) is 24.0 Å². The fourth-order valence-corrected chi connectivity index (χ4v) is 7.74. The Morgan fingerprint density at radius 1 is 1.14 bits per heavy atom. The topological polar surface area (TPSA) is 253 Å². The van der Waals surface area contributed by atoms with E-state index in [9.17, 15) is 13.3 Å². The highest BCUT2D eigenvalue weighted by Gasteiger charge is 2.51. The molecule has 4 aliphatic heterocycles. The van der Waals surface area contributed by atoms with Crippen molar-refractivity contribution >= 4 is 58.0 Å². The van der Waals surface area contributed by atoms with Gasteiger partial charge in [-0.05, 0) is 0 Å². The summed E-state index contributed by atoms with van der Waals surface area (Å²) in [6.45, 7) is -5.27. The maximum atomic E-state index is 15.9. The predicted molar refractivity (Wildman–Crippen MR) is 145 cm³/mol. The molecule has 7 heterocycles. The number of fused-ring (bicyclic) bond motifs is 4. The zero-order valence-corrected chi connectivity index (χ0v) is 24.3. The lowest BCUT2D eigenvalue weighted by atomic mass is 10.1. The monoisotopic (exact) mass is 660 g/mol. The number of nitrogens with zero attached hydrogens (tertiary/aromatic N) is 7. The maximum Gasteiger partial charge on any atom is 0.336 e. The summed E-state index contributed by atoms with van der Waals surface area (Å²) in [5.41, 5.74) is 12.8. The Kier molecular flexibility index (Phi) is 7.21. The van der Waals surface area contributed by atoms with Gasteiger partial charge in [-0.25, -0.2) is 28.5 Å². The molecule has 0 amide bonds. The third-order valence-electron chi connectivity index (χ3n) is 7.32. The molecule has 4 aliphatic rings. The lowest BCUT2D eigenvalue weighted by molar-refractivity contribution is -0.215. The number of halogens is 1. The number of nitrogens with one attached hydrogen (secondary N) is 2. The van der Waals surface area contributed by atoms with Crippen molar-refractivity contribution in [3.63, 3.8) is 0 Å². The maximum absolute atomic E-state index is 15.9. The standard InChI is InChI=1S/C20H25FN11O8PS2/c21-12-15-10(38-20(12)32-7-29-14-17(23)25-5-27-19(14)32)3-36-41(33,42)39-8-1-11(37-9(8)2-30-43(34,35)40-15)31-6-28-13-16(22)24-4-26-18(13)31/h4-12,15,17,20,30H,1-3,23H2,(H,25,27)(H,33,42)(H2,22,24,26)/p-1/t8-,9+,10+,11+,12+,15+,17?,20+,41?/m0/s1. The second-order valence-electron chi connectivity index (χ2n) is 9.96. The molecule has 43 heavy (non-hydrogen) atoms. The van der Waals surface area contributed by atoms with E-state index in [1.54, 1.807) is 4.57 Å². The van der Waals surface area contributed by atoms with Crippen molar-refractivity contribution in [3.05, 3.63) is 24.7 Å². The van der Waals surface area contributed by atoms with Crippen LogP contribution in [0.25, 0.3) is 11.2 Å². The van der Waals surface area contributed by atoms with E-state index in [0.717, 1.165) is 0 Å². The number of aromatic nitrogens is 6. The van der Waals surface area contributed by atoms with Gasteiger partial charge < -0.3 is 40.2 Å². The predicted octanol–water partition coefficient (Wildman–Crippen LogP) is -1.54. The molecule has 6 N–H and O–H groups in total. The van der Waals surface area contributed by atoms with E-state index in [2.05, 4.69) is 35.0 Å². The lowest BCUT2D eigenvalue weighted by Crippen LogP contribution is -2.44. The minimum absolute atomic E-state index is 0.0635. The van der Waals surface area contributed by atoms with Gasteiger partial charge in [-0.2, -0.15) is 13.1 Å². The van der Waals surface area contributed by atoms with Gasteiger partial charge in [0.1, 0.15) is 60.8 Å². The highest BCUT2D eigenvalue weighted by molar-refractivity contribution is 8.06. The number of imidazole rings is 2. The van der Waals surface area contributed by atoms with Gasteiger partial charge in [0.05, 0.1) is 31.7 Å². The molecule has 3 fully saturated rings. The van der Waals surface area contributed by atoms with E-state index in [1.807, 2.05) is 0 Å². The van der Waals surface area contributed by atoms with E-state index in [0.29, 0.717) is 22.7 Å². The third kappa shape index (κ3) is 5.31. The van der Waals surface area contributed by atoms with Crippen LogP contribution in [-0.4, -0.2) is 87.6 Å². The zero-order chi connectivity index (χ0) is 30.1. The van der Waals surface area contributed by atoms with E-state index in [-0.39, 0.29) is 12.2 Å². The molecule has 3 saturated heterocycles. The van der Waals surface area contributed by atoms with Crippen molar-refractivity contribution in [2.75, 3.05) is 24.2 Å². The SMILES string of the molecule is Nc1ncnc2c1ncn2[C@H]1C[C@@H]2OP([O-])(=S)OC[C@H]3O[C@@H](n4cnc5c4NC=NC5N)[C@H](F)[C@@H]3OS(=O)(=O)NC[C@H]2O1. The van der Waals surface area contributed by atoms with Crippen LogP contribution >= 0.6 is 6.72 Å². The summed E-state index contributed by atoms with van der Waals surface area (Å²) in [6.07, 6.45) is -4.83. The number of aliphatic imine (C=N–C) groups is 1. The minimum Gasteiger partial charge on any atom is -0.780 e. The number of alkyl halides is 1. The van der Waals surface area contributed by atoms with Crippen molar-refractivity contribution in [3.8, 4) is 0 Å². The molecule has 7 rings (SSSR count). The number of anilines is 2. The number of ether oxygens (including phenoxy) is 2. The van der Waals surface area contributed by atoms with Gasteiger partial charge in [0.2, 0.25) is 0 Å². The van der Waals surface area contributed by atoms with Gasteiger partial charge in [0.15, 0.2) is 23.9 Å². The Labute approximate surface area is 247 Å². The first-order chi connectivity index (χ1) is 20.5. The average molecular weight is 661 g/mol. The molecule has 232 valence electrons. The molecule has 0 saturated carbocycles. The van der Waals surface area contributed by atoms with Crippen LogP contribution in [0.5, 0.6) is 0 Å². The molecule has 3 aromatic heterocycles. The van der Waals surface area contributed by atoms with Crippen LogP contribution in [0.4, 0.5) is 16.0 Å². The largest absolute Gasteiger partial charge is 0.780 e. The van der Waals surface area contributed by atoms with Gasteiger partial charge in [-0.15, -0.1) is 0 Å². The minimum atomic E-state index is -4.59. The highest BCUT2D eigenvalue weighted by Crippen LogP contribution is 2.47. The number of hydrogen-bond acceptors (Lipinski definition) is 17. The third-order valence-corrected chi connectivity index (χ3v) is 9.88. The van der Waals surface area contributed by atoms with Crippen LogP contribution in [-0.2, 0) is 44.8 Å². The lowest BCUT2D eigenvalue weighted by Gasteiger charge is -2.34. The molecule has 23 heteroatoms. The molecule has 9 atom stereocenters. The molecular formula is C20H24FN11O8PS2-. The Morgan fingerprint density at radius 3 is 2.79 bits per heavy atom. The number of hydrogen-bond donors (Lipinski definition) is 4. The first-order valence-electron chi connectivity index (χ1n) is 12.8. The average Bonchev–Trinajstić information content (AvgIpc) is 3.72. The van der Waals surface area contributed by atoms with Gasteiger partial charge >= 0.3 is 10.3 Å². The van der Waals surface area contributed by atoms with Crippen LogP contribution in [0, 0.1) is 0 Å². The summed E-state index contributed by atoms with van der Waals surface area (Å²) in [7, 11) is -4.59. The summed E-state index contributed by atoms with van der Waals surface area (Å²) in [4.78, 5) is 33.7. The molecule has 3 aromatic rings. The summed E-state index contributed by atoms with van der Waals surface area (Å²) in [5, 5.41) is 2.83. The zero-order valence-electron chi connectivity index (χ0n) is 21.7. The fraction of sp³-hybridized carbons (Fsp3) is 0.550. The van der Waals surface area contributed by atoms with Gasteiger partial charge in [0.25, 0.3) is 0 Å². The molecule has 0 aromatic carbocycles. The van der Waals surface area contributed by atoms with Crippen molar-refractivity contribution in [2.24, 2.45) is 10.7 Å². The first kappa shape index (κ1) is 29.0. The van der Waals surface area contributed by atoms with Crippen LogP contribution in [0.3, 0.4) is 0 Å². The highest BCUT2D eigenvalue weighted by atomic mass is 32.5. The summed E-state index contributed by atoms with van der Waals surface area (Å²) < 4.78 is 75.2. The Morgan fingerprint density at radius 2 is 1.95 bits per heavy atom.